The lowest BCUT2D eigenvalue weighted by molar-refractivity contribution is 0.0269. The van der Waals surface area contributed by atoms with E-state index >= 15 is 0 Å². The highest BCUT2D eigenvalue weighted by molar-refractivity contribution is 7.89. The number of ether oxygens (including phenoxy) is 1. The third-order valence-electron chi connectivity index (χ3n) is 5.30. The van der Waals surface area contributed by atoms with Gasteiger partial charge in [0, 0.05) is 32.7 Å². The van der Waals surface area contributed by atoms with Crippen LogP contribution in [0.1, 0.15) is 24.8 Å². The van der Waals surface area contributed by atoms with Crippen molar-refractivity contribution in [2.45, 2.75) is 25.7 Å². The molecule has 140 valence electrons. The number of sulfonamides is 1. The second-order valence-corrected chi connectivity index (χ2v) is 9.25. The monoisotopic (exact) mass is 366 g/mol. The maximum absolute atomic E-state index is 12.6. The van der Waals surface area contributed by atoms with Crippen LogP contribution in [0.4, 0.5) is 0 Å². The molecule has 2 aliphatic rings. The SMILES string of the molecule is O=S(=O)(CCCc1ccccc1)N1CCC(CN2CCOCC2)CC1. The standard InChI is InChI=1S/C19H30N2O3S/c22-25(23,16-4-7-18-5-2-1-3-6-18)21-10-8-19(9-11-21)17-20-12-14-24-15-13-20/h1-3,5-6,19H,4,7-17H2. The summed E-state index contributed by atoms with van der Waals surface area (Å²) < 4.78 is 32.2. The molecule has 2 fully saturated rings. The number of piperidine rings is 1. The minimum Gasteiger partial charge on any atom is -0.379 e. The number of benzene rings is 1. The molecule has 0 N–H and O–H groups in total. The van der Waals surface area contributed by atoms with Crippen molar-refractivity contribution < 1.29 is 13.2 Å². The van der Waals surface area contributed by atoms with E-state index in [1.165, 1.54) is 5.56 Å². The molecule has 1 aromatic rings. The first-order chi connectivity index (χ1) is 12.1. The zero-order valence-corrected chi connectivity index (χ0v) is 15.8. The molecule has 0 radical (unpaired) electrons. The molecular formula is C19H30N2O3S. The van der Waals surface area contributed by atoms with E-state index < -0.39 is 10.0 Å². The first-order valence-corrected chi connectivity index (χ1v) is 11.1. The van der Waals surface area contributed by atoms with E-state index in [0.717, 1.165) is 52.1 Å². The van der Waals surface area contributed by atoms with Crippen LogP contribution in [-0.2, 0) is 21.2 Å². The largest absolute Gasteiger partial charge is 0.379 e. The second-order valence-electron chi connectivity index (χ2n) is 7.16. The van der Waals surface area contributed by atoms with Gasteiger partial charge in [0.05, 0.1) is 19.0 Å². The molecule has 2 aliphatic heterocycles. The van der Waals surface area contributed by atoms with Crippen LogP contribution < -0.4 is 0 Å². The number of hydrogen-bond donors (Lipinski definition) is 0. The van der Waals surface area contributed by atoms with Crippen LogP contribution in [0.15, 0.2) is 30.3 Å². The number of aryl methyl sites for hydroxylation is 1. The zero-order valence-electron chi connectivity index (χ0n) is 15.0. The summed E-state index contributed by atoms with van der Waals surface area (Å²) in [7, 11) is -3.11. The third kappa shape index (κ3) is 5.78. The van der Waals surface area contributed by atoms with Crippen molar-refractivity contribution in [3.05, 3.63) is 35.9 Å². The molecule has 1 aromatic carbocycles. The molecule has 0 amide bonds. The van der Waals surface area contributed by atoms with Gasteiger partial charge in [-0.3, -0.25) is 4.90 Å². The molecule has 6 heteroatoms. The average molecular weight is 367 g/mol. The number of rotatable bonds is 7. The maximum atomic E-state index is 12.6. The fourth-order valence-electron chi connectivity index (χ4n) is 3.75. The minimum atomic E-state index is -3.11. The molecule has 5 nitrogen and oxygen atoms in total. The summed E-state index contributed by atoms with van der Waals surface area (Å²) in [5.74, 6) is 0.879. The van der Waals surface area contributed by atoms with Crippen molar-refractivity contribution in [3.8, 4) is 0 Å². The molecule has 3 rings (SSSR count). The summed E-state index contributed by atoms with van der Waals surface area (Å²) in [5, 5.41) is 0. The van der Waals surface area contributed by atoms with Gasteiger partial charge in [0.2, 0.25) is 10.0 Å². The summed E-state index contributed by atoms with van der Waals surface area (Å²) in [5.41, 5.74) is 1.21. The van der Waals surface area contributed by atoms with Crippen LogP contribution >= 0.6 is 0 Å². The Balaban J connectivity index is 1.40. The highest BCUT2D eigenvalue weighted by Gasteiger charge is 2.28. The smallest absolute Gasteiger partial charge is 0.214 e. The fraction of sp³-hybridized carbons (Fsp3) is 0.684. The van der Waals surface area contributed by atoms with Crippen molar-refractivity contribution in [2.24, 2.45) is 5.92 Å². The fourth-order valence-corrected chi connectivity index (χ4v) is 5.29. The van der Waals surface area contributed by atoms with Crippen molar-refractivity contribution in [1.29, 1.82) is 0 Å². The van der Waals surface area contributed by atoms with Gasteiger partial charge in [-0.15, -0.1) is 0 Å². The number of nitrogens with zero attached hydrogens (tertiary/aromatic N) is 2. The lowest BCUT2D eigenvalue weighted by Crippen LogP contribution is -2.44. The summed E-state index contributed by atoms with van der Waals surface area (Å²) in [4.78, 5) is 2.46. The van der Waals surface area contributed by atoms with Gasteiger partial charge >= 0.3 is 0 Å². The van der Waals surface area contributed by atoms with Gasteiger partial charge in [-0.25, -0.2) is 12.7 Å². The molecule has 0 bridgehead atoms. The average Bonchev–Trinajstić information content (AvgIpc) is 2.64. The van der Waals surface area contributed by atoms with Crippen LogP contribution in [0.3, 0.4) is 0 Å². The van der Waals surface area contributed by atoms with Gasteiger partial charge < -0.3 is 4.74 Å². The highest BCUT2D eigenvalue weighted by atomic mass is 32.2. The number of morpholine rings is 1. The summed E-state index contributed by atoms with van der Waals surface area (Å²) >= 11 is 0. The Morgan fingerprint density at radius 2 is 1.68 bits per heavy atom. The number of hydrogen-bond acceptors (Lipinski definition) is 4. The molecule has 2 saturated heterocycles. The van der Waals surface area contributed by atoms with E-state index in [0.29, 0.717) is 25.4 Å². The highest BCUT2D eigenvalue weighted by Crippen LogP contribution is 2.22. The maximum Gasteiger partial charge on any atom is 0.214 e. The van der Waals surface area contributed by atoms with Crippen LogP contribution in [0.2, 0.25) is 0 Å². The van der Waals surface area contributed by atoms with E-state index in [1.807, 2.05) is 18.2 Å². The van der Waals surface area contributed by atoms with Gasteiger partial charge in [-0.1, -0.05) is 30.3 Å². The van der Waals surface area contributed by atoms with Gasteiger partial charge in [-0.2, -0.15) is 0 Å². The first kappa shape index (κ1) is 18.8. The predicted molar refractivity (Wildman–Crippen MR) is 100 cm³/mol. The topological polar surface area (TPSA) is 49.9 Å². The molecule has 25 heavy (non-hydrogen) atoms. The van der Waals surface area contributed by atoms with E-state index in [1.54, 1.807) is 4.31 Å². The zero-order chi connectivity index (χ0) is 17.5. The molecule has 0 unspecified atom stereocenters. The minimum absolute atomic E-state index is 0.260. The molecule has 0 spiro atoms. The van der Waals surface area contributed by atoms with Crippen molar-refractivity contribution in [2.75, 3.05) is 51.7 Å². The second kappa shape index (κ2) is 9.12. The van der Waals surface area contributed by atoms with Crippen LogP contribution in [0.25, 0.3) is 0 Å². The molecule has 0 saturated carbocycles. The Morgan fingerprint density at radius 3 is 2.36 bits per heavy atom. The van der Waals surface area contributed by atoms with E-state index in [2.05, 4.69) is 17.0 Å². The van der Waals surface area contributed by atoms with E-state index in [4.69, 9.17) is 4.74 Å². The Hall–Kier alpha value is -0.950. The Bertz CT molecular complexity index is 607. The molecule has 0 aliphatic carbocycles. The lowest BCUT2D eigenvalue weighted by Gasteiger charge is -2.35. The Labute approximate surface area is 152 Å². The Kier molecular flexibility index (Phi) is 6.87. The normalized spacial score (nSPS) is 21.4. The third-order valence-corrected chi connectivity index (χ3v) is 7.25. The molecular weight excluding hydrogens is 336 g/mol. The van der Waals surface area contributed by atoms with Crippen molar-refractivity contribution in [3.63, 3.8) is 0 Å². The van der Waals surface area contributed by atoms with Crippen LogP contribution in [0.5, 0.6) is 0 Å². The molecule has 0 aromatic heterocycles. The van der Waals surface area contributed by atoms with Gasteiger partial charge in [0.25, 0.3) is 0 Å². The lowest BCUT2D eigenvalue weighted by atomic mass is 9.97. The summed E-state index contributed by atoms with van der Waals surface area (Å²) in [6.45, 7) is 6.13. The first-order valence-electron chi connectivity index (χ1n) is 9.45. The van der Waals surface area contributed by atoms with Gasteiger partial charge in [-0.05, 0) is 37.2 Å². The van der Waals surface area contributed by atoms with E-state index in [9.17, 15) is 8.42 Å². The Morgan fingerprint density at radius 1 is 1.00 bits per heavy atom. The summed E-state index contributed by atoms with van der Waals surface area (Å²) in [6, 6.07) is 10.1. The quantitative estimate of drug-likeness (QED) is 0.741. The molecule has 2 heterocycles. The van der Waals surface area contributed by atoms with E-state index in [-0.39, 0.29) is 5.75 Å². The molecule has 0 atom stereocenters. The van der Waals surface area contributed by atoms with Crippen LogP contribution in [-0.4, -0.2) is 69.3 Å². The van der Waals surface area contributed by atoms with Gasteiger partial charge in [0.1, 0.15) is 0 Å². The van der Waals surface area contributed by atoms with Gasteiger partial charge in [0.15, 0.2) is 0 Å². The van der Waals surface area contributed by atoms with Crippen LogP contribution in [0, 0.1) is 5.92 Å². The van der Waals surface area contributed by atoms with Crippen molar-refractivity contribution in [1.82, 2.24) is 9.21 Å². The summed E-state index contributed by atoms with van der Waals surface area (Å²) in [6.07, 6.45) is 3.48. The van der Waals surface area contributed by atoms with Crippen molar-refractivity contribution >= 4 is 10.0 Å². The predicted octanol–water partition coefficient (Wildman–Crippen LogP) is 1.99.